The zero-order chi connectivity index (χ0) is 23.6. The highest BCUT2D eigenvalue weighted by Gasteiger charge is 2.23. The van der Waals surface area contributed by atoms with Gasteiger partial charge in [0.25, 0.3) is 11.1 Å². The second-order valence-electron chi connectivity index (χ2n) is 7.99. The van der Waals surface area contributed by atoms with Gasteiger partial charge in [0.1, 0.15) is 11.4 Å². The molecular weight excluding hydrogens is 430 g/mol. The Bertz CT molecular complexity index is 1350. The van der Waals surface area contributed by atoms with Gasteiger partial charge in [-0.1, -0.05) is 44.7 Å². The number of hydrogen-bond donors (Lipinski definition) is 1. The standard InChI is InChI=1S/C22H27N5O4S/c1-5-10-26-19(29)14-8-6-7-9-15(14)24-21(26)32-12-16(28)17-18(23)27(11-13(2)3)22(31)25(4)20(17)30/h6-9,13H,5,10-12,23H2,1-4H3. The van der Waals surface area contributed by atoms with Gasteiger partial charge in [-0.15, -0.1) is 0 Å². The second-order valence-corrected chi connectivity index (χ2v) is 8.93. The fourth-order valence-electron chi connectivity index (χ4n) is 3.47. The molecule has 0 aliphatic heterocycles. The van der Waals surface area contributed by atoms with Crippen molar-refractivity contribution in [2.45, 2.75) is 45.4 Å². The van der Waals surface area contributed by atoms with Crippen LogP contribution >= 0.6 is 11.8 Å². The topological polar surface area (TPSA) is 122 Å². The molecule has 1 aromatic carbocycles. The number of nitrogen functional groups attached to an aromatic ring is 1. The summed E-state index contributed by atoms with van der Waals surface area (Å²) in [6, 6.07) is 7.04. The van der Waals surface area contributed by atoms with Gasteiger partial charge in [0.05, 0.1) is 16.7 Å². The van der Waals surface area contributed by atoms with Gasteiger partial charge < -0.3 is 5.73 Å². The quantitative estimate of drug-likeness (QED) is 0.311. The number of thioether (sulfide) groups is 1. The summed E-state index contributed by atoms with van der Waals surface area (Å²) in [6.45, 7) is 6.51. The van der Waals surface area contributed by atoms with Crippen LogP contribution in [0, 0.1) is 5.92 Å². The molecule has 2 aromatic heterocycles. The van der Waals surface area contributed by atoms with E-state index in [0.717, 1.165) is 22.7 Å². The number of ketones is 1. The molecule has 0 unspecified atom stereocenters. The molecule has 0 radical (unpaired) electrons. The number of Topliss-reactive ketones (excluding diaryl/α,β-unsaturated/α-hetero) is 1. The molecule has 32 heavy (non-hydrogen) atoms. The third kappa shape index (κ3) is 4.40. The van der Waals surface area contributed by atoms with E-state index >= 15 is 0 Å². The number of aromatic nitrogens is 4. The zero-order valence-corrected chi connectivity index (χ0v) is 19.4. The molecule has 0 aliphatic rings. The summed E-state index contributed by atoms with van der Waals surface area (Å²) in [5.41, 5.74) is 4.97. The number of hydrogen-bond acceptors (Lipinski definition) is 7. The Morgan fingerprint density at radius 1 is 1.12 bits per heavy atom. The molecule has 0 spiro atoms. The Morgan fingerprint density at radius 2 is 1.81 bits per heavy atom. The summed E-state index contributed by atoms with van der Waals surface area (Å²) in [4.78, 5) is 55.6. The van der Waals surface area contributed by atoms with E-state index in [2.05, 4.69) is 4.98 Å². The first-order chi connectivity index (χ1) is 15.2. The van der Waals surface area contributed by atoms with Gasteiger partial charge in [0.2, 0.25) is 0 Å². The highest BCUT2D eigenvalue weighted by molar-refractivity contribution is 7.99. The fourth-order valence-corrected chi connectivity index (χ4v) is 4.37. The summed E-state index contributed by atoms with van der Waals surface area (Å²) >= 11 is 1.08. The molecule has 0 amide bonds. The fraction of sp³-hybridized carbons (Fsp3) is 0.409. The molecule has 3 rings (SSSR count). The molecule has 2 N–H and O–H groups in total. The molecule has 2 heterocycles. The van der Waals surface area contributed by atoms with Gasteiger partial charge in [-0.2, -0.15) is 0 Å². The first-order valence-corrected chi connectivity index (χ1v) is 11.4. The maximum Gasteiger partial charge on any atom is 0.332 e. The van der Waals surface area contributed by atoms with Crippen molar-refractivity contribution in [1.29, 1.82) is 0 Å². The summed E-state index contributed by atoms with van der Waals surface area (Å²) in [5, 5.41) is 0.908. The number of rotatable bonds is 8. The van der Waals surface area contributed by atoms with Crippen LogP contribution in [0.25, 0.3) is 10.9 Å². The Hall–Kier alpha value is -3.14. The normalized spacial score (nSPS) is 11.4. The molecular formula is C22H27N5O4S. The Balaban J connectivity index is 2.01. The van der Waals surface area contributed by atoms with Gasteiger partial charge in [-0.3, -0.25) is 28.1 Å². The number of anilines is 1. The van der Waals surface area contributed by atoms with Gasteiger partial charge in [0, 0.05) is 20.1 Å². The van der Waals surface area contributed by atoms with E-state index in [0.29, 0.717) is 22.6 Å². The van der Waals surface area contributed by atoms with Crippen LogP contribution in [0.5, 0.6) is 0 Å². The van der Waals surface area contributed by atoms with Crippen molar-refractivity contribution in [1.82, 2.24) is 18.7 Å². The molecule has 0 saturated heterocycles. The largest absolute Gasteiger partial charge is 0.384 e. The predicted octanol–water partition coefficient (Wildman–Crippen LogP) is 1.88. The zero-order valence-electron chi connectivity index (χ0n) is 18.6. The monoisotopic (exact) mass is 457 g/mol. The van der Waals surface area contributed by atoms with Crippen LogP contribution in [-0.2, 0) is 20.1 Å². The van der Waals surface area contributed by atoms with Crippen molar-refractivity contribution < 1.29 is 4.79 Å². The average molecular weight is 458 g/mol. The van der Waals surface area contributed by atoms with E-state index in [1.54, 1.807) is 28.8 Å². The average Bonchev–Trinajstić information content (AvgIpc) is 2.76. The van der Waals surface area contributed by atoms with Crippen LogP contribution in [0.4, 0.5) is 5.82 Å². The lowest BCUT2D eigenvalue weighted by Gasteiger charge is -2.16. The third-order valence-corrected chi connectivity index (χ3v) is 5.99. The van der Waals surface area contributed by atoms with Gasteiger partial charge in [-0.05, 0) is 24.5 Å². The SMILES string of the molecule is CCCn1c(SCC(=O)c2c(N)n(CC(C)C)c(=O)n(C)c2=O)nc2ccccc2c1=O. The van der Waals surface area contributed by atoms with Crippen molar-refractivity contribution in [3.05, 3.63) is 61.0 Å². The predicted molar refractivity (Wildman–Crippen MR) is 127 cm³/mol. The van der Waals surface area contributed by atoms with E-state index < -0.39 is 17.0 Å². The second kappa shape index (κ2) is 9.56. The first kappa shape index (κ1) is 23.5. The van der Waals surface area contributed by atoms with E-state index in [9.17, 15) is 19.2 Å². The minimum absolute atomic E-state index is 0.0927. The Morgan fingerprint density at radius 3 is 2.47 bits per heavy atom. The number of carbonyl (C=O) groups excluding carboxylic acids is 1. The number of benzene rings is 1. The van der Waals surface area contributed by atoms with E-state index in [1.165, 1.54) is 11.6 Å². The number of carbonyl (C=O) groups is 1. The summed E-state index contributed by atoms with van der Waals surface area (Å²) < 4.78 is 3.70. The Labute approximate surface area is 188 Å². The van der Waals surface area contributed by atoms with Crippen molar-refractivity contribution in [2.75, 3.05) is 11.5 Å². The molecule has 3 aromatic rings. The smallest absolute Gasteiger partial charge is 0.332 e. The third-order valence-electron chi connectivity index (χ3n) is 5.02. The van der Waals surface area contributed by atoms with Crippen LogP contribution in [-0.4, -0.2) is 30.2 Å². The van der Waals surface area contributed by atoms with Crippen molar-refractivity contribution in [2.24, 2.45) is 13.0 Å². The maximum absolute atomic E-state index is 13.0. The lowest BCUT2D eigenvalue weighted by molar-refractivity contribution is 0.102. The van der Waals surface area contributed by atoms with Crippen LogP contribution in [0.2, 0.25) is 0 Å². The molecule has 0 atom stereocenters. The molecule has 170 valence electrons. The van der Waals surface area contributed by atoms with Crippen molar-refractivity contribution in [3.63, 3.8) is 0 Å². The van der Waals surface area contributed by atoms with Gasteiger partial charge in [0.15, 0.2) is 10.9 Å². The summed E-state index contributed by atoms with van der Waals surface area (Å²) in [6.07, 6.45) is 0.717. The lowest BCUT2D eigenvalue weighted by atomic mass is 10.2. The van der Waals surface area contributed by atoms with Crippen LogP contribution in [0.15, 0.2) is 43.8 Å². The minimum atomic E-state index is -0.726. The van der Waals surface area contributed by atoms with E-state index in [1.807, 2.05) is 20.8 Å². The van der Waals surface area contributed by atoms with Crippen molar-refractivity contribution >= 4 is 34.3 Å². The number of fused-ring (bicyclic) bond motifs is 1. The molecule has 0 aliphatic carbocycles. The first-order valence-electron chi connectivity index (χ1n) is 10.4. The Kier molecular flexibility index (Phi) is 7.02. The highest BCUT2D eigenvalue weighted by Crippen LogP contribution is 2.20. The summed E-state index contributed by atoms with van der Waals surface area (Å²) in [7, 11) is 1.33. The van der Waals surface area contributed by atoms with E-state index in [-0.39, 0.29) is 35.2 Å². The summed E-state index contributed by atoms with van der Waals surface area (Å²) in [5.74, 6) is -0.700. The van der Waals surface area contributed by atoms with Gasteiger partial charge >= 0.3 is 5.69 Å². The van der Waals surface area contributed by atoms with Crippen LogP contribution in [0.1, 0.15) is 37.6 Å². The number of nitrogens with zero attached hydrogens (tertiary/aromatic N) is 4. The minimum Gasteiger partial charge on any atom is -0.384 e. The molecule has 9 nitrogen and oxygen atoms in total. The lowest BCUT2D eigenvalue weighted by Crippen LogP contribution is -2.43. The number of nitrogens with two attached hydrogens (primary N) is 1. The highest BCUT2D eigenvalue weighted by atomic mass is 32.2. The number of para-hydroxylation sites is 1. The molecule has 0 saturated carbocycles. The molecule has 0 fully saturated rings. The molecule has 0 bridgehead atoms. The van der Waals surface area contributed by atoms with Crippen LogP contribution in [0.3, 0.4) is 0 Å². The van der Waals surface area contributed by atoms with E-state index in [4.69, 9.17) is 5.73 Å². The van der Waals surface area contributed by atoms with Gasteiger partial charge in [-0.25, -0.2) is 9.78 Å². The maximum atomic E-state index is 13.0. The molecule has 10 heteroatoms. The van der Waals surface area contributed by atoms with Crippen molar-refractivity contribution in [3.8, 4) is 0 Å². The van der Waals surface area contributed by atoms with Crippen LogP contribution < -0.4 is 22.5 Å².